The fourth-order valence-electron chi connectivity index (χ4n) is 2.54. The lowest BCUT2D eigenvalue weighted by Gasteiger charge is -2.16. The van der Waals surface area contributed by atoms with E-state index in [1.54, 1.807) is 11.8 Å². The standard InChI is InChI=1S/C11H18O2S/c1-2-8-7-11(8,10(12)13)14-9-5-3-4-6-9/h8-9H,2-7H2,1H3,(H,12,13). The Labute approximate surface area is 89.5 Å². The van der Waals surface area contributed by atoms with E-state index < -0.39 is 5.97 Å². The molecule has 0 aromatic heterocycles. The Morgan fingerprint density at radius 3 is 2.57 bits per heavy atom. The monoisotopic (exact) mass is 214 g/mol. The molecule has 0 amide bonds. The fourth-order valence-corrected chi connectivity index (χ4v) is 4.46. The van der Waals surface area contributed by atoms with Crippen molar-refractivity contribution in [2.45, 2.75) is 55.4 Å². The molecular formula is C11H18O2S. The summed E-state index contributed by atoms with van der Waals surface area (Å²) < 4.78 is -0.385. The van der Waals surface area contributed by atoms with Crippen molar-refractivity contribution in [3.8, 4) is 0 Å². The fraction of sp³-hybridized carbons (Fsp3) is 0.909. The number of carbonyl (C=O) groups is 1. The van der Waals surface area contributed by atoms with Crippen LogP contribution in [-0.4, -0.2) is 21.1 Å². The number of hydrogen-bond acceptors (Lipinski definition) is 2. The molecular weight excluding hydrogens is 196 g/mol. The maximum absolute atomic E-state index is 11.2. The molecule has 2 aliphatic rings. The van der Waals surface area contributed by atoms with Gasteiger partial charge in [0.25, 0.3) is 0 Å². The zero-order chi connectivity index (χ0) is 10.2. The molecule has 14 heavy (non-hydrogen) atoms. The Morgan fingerprint density at radius 1 is 1.50 bits per heavy atom. The summed E-state index contributed by atoms with van der Waals surface area (Å²) in [6.45, 7) is 2.10. The lowest BCUT2D eigenvalue weighted by atomic mass is 10.2. The van der Waals surface area contributed by atoms with E-state index in [2.05, 4.69) is 6.92 Å². The maximum atomic E-state index is 11.2. The van der Waals surface area contributed by atoms with Gasteiger partial charge in [0.15, 0.2) is 0 Å². The molecule has 2 rings (SSSR count). The Hall–Kier alpha value is -0.180. The van der Waals surface area contributed by atoms with E-state index in [0.29, 0.717) is 11.2 Å². The quantitative estimate of drug-likeness (QED) is 0.782. The highest BCUT2D eigenvalue weighted by atomic mass is 32.2. The van der Waals surface area contributed by atoms with Gasteiger partial charge < -0.3 is 5.11 Å². The van der Waals surface area contributed by atoms with Crippen LogP contribution in [0.3, 0.4) is 0 Å². The van der Waals surface area contributed by atoms with E-state index in [0.717, 1.165) is 12.8 Å². The second-order valence-electron chi connectivity index (χ2n) is 4.53. The Kier molecular flexibility index (Phi) is 2.78. The maximum Gasteiger partial charge on any atom is 0.320 e. The van der Waals surface area contributed by atoms with Gasteiger partial charge in [0.05, 0.1) is 0 Å². The Balaban J connectivity index is 1.96. The van der Waals surface area contributed by atoms with Crippen molar-refractivity contribution >= 4 is 17.7 Å². The van der Waals surface area contributed by atoms with Crippen LogP contribution in [0.1, 0.15) is 45.4 Å². The predicted molar refractivity (Wildman–Crippen MR) is 58.6 cm³/mol. The molecule has 80 valence electrons. The molecule has 3 heteroatoms. The summed E-state index contributed by atoms with van der Waals surface area (Å²) >= 11 is 1.76. The van der Waals surface area contributed by atoms with Gasteiger partial charge in [0, 0.05) is 5.25 Å². The van der Waals surface area contributed by atoms with E-state index in [-0.39, 0.29) is 4.75 Å². The highest BCUT2D eigenvalue weighted by molar-refractivity contribution is 8.02. The molecule has 0 heterocycles. The van der Waals surface area contributed by atoms with Crippen molar-refractivity contribution in [3.63, 3.8) is 0 Å². The average Bonchev–Trinajstić information content (AvgIpc) is 2.62. The molecule has 0 radical (unpaired) electrons. The van der Waals surface area contributed by atoms with Crippen molar-refractivity contribution < 1.29 is 9.90 Å². The van der Waals surface area contributed by atoms with E-state index in [4.69, 9.17) is 0 Å². The van der Waals surface area contributed by atoms with Gasteiger partial charge >= 0.3 is 5.97 Å². The number of aliphatic carboxylic acids is 1. The summed E-state index contributed by atoms with van der Waals surface area (Å²) in [4.78, 5) is 11.2. The van der Waals surface area contributed by atoms with Crippen molar-refractivity contribution in [3.05, 3.63) is 0 Å². The molecule has 0 aromatic carbocycles. The number of thioether (sulfide) groups is 1. The molecule has 2 atom stereocenters. The minimum atomic E-state index is -0.568. The number of carboxylic acid groups (broad SMARTS) is 1. The van der Waals surface area contributed by atoms with Crippen LogP contribution in [0.2, 0.25) is 0 Å². The smallest absolute Gasteiger partial charge is 0.320 e. The van der Waals surface area contributed by atoms with Crippen LogP contribution in [0.25, 0.3) is 0 Å². The summed E-state index contributed by atoms with van der Waals surface area (Å²) in [5.74, 6) is -0.133. The first-order valence-corrected chi connectivity index (χ1v) is 6.48. The van der Waals surface area contributed by atoms with Crippen molar-refractivity contribution in [2.75, 3.05) is 0 Å². The van der Waals surface area contributed by atoms with E-state index in [1.807, 2.05) is 0 Å². The van der Waals surface area contributed by atoms with Gasteiger partial charge in [-0.3, -0.25) is 4.79 Å². The molecule has 1 N–H and O–H groups in total. The van der Waals surface area contributed by atoms with Crippen LogP contribution >= 0.6 is 11.8 Å². The van der Waals surface area contributed by atoms with Crippen LogP contribution in [0, 0.1) is 5.92 Å². The first-order valence-electron chi connectivity index (χ1n) is 5.60. The van der Waals surface area contributed by atoms with Gasteiger partial charge in [-0.2, -0.15) is 0 Å². The summed E-state index contributed by atoms with van der Waals surface area (Å²) in [7, 11) is 0. The molecule has 0 spiro atoms. The third-order valence-corrected chi connectivity index (χ3v) is 5.48. The highest BCUT2D eigenvalue weighted by Gasteiger charge is 2.60. The molecule has 2 unspecified atom stereocenters. The minimum Gasteiger partial charge on any atom is -0.480 e. The van der Waals surface area contributed by atoms with E-state index in [9.17, 15) is 9.90 Å². The predicted octanol–water partition coefficient (Wildman–Crippen LogP) is 2.92. The lowest BCUT2D eigenvalue weighted by molar-refractivity contribution is -0.137. The third-order valence-electron chi connectivity index (χ3n) is 3.58. The Bertz CT molecular complexity index is 235. The number of carboxylic acids is 1. The molecule has 2 nitrogen and oxygen atoms in total. The molecule has 0 aliphatic heterocycles. The van der Waals surface area contributed by atoms with Crippen LogP contribution in [-0.2, 0) is 4.79 Å². The number of hydrogen-bond donors (Lipinski definition) is 1. The van der Waals surface area contributed by atoms with Crippen LogP contribution in [0.5, 0.6) is 0 Å². The topological polar surface area (TPSA) is 37.3 Å². The zero-order valence-corrected chi connectivity index (χ0v) is 9.48. The molecule has 0 saturated heterocycles. The van der Waals surface area contributed by atoms with Crippen LogP contribution < -0.4 is 0 Å². The summed E-state index contributed by atoms with van der Waals surface area (Å²) in [5.41, 5.74) is 0. The molecule has 0 aromatic rings. The summed E-state index contributed by atoms with van der Waals surface area (Å²) in [6, 6.07) is 0. The van der Waals surface area contributed by atoms with Gasteiger partial charge in [-0.15, -0.1) is 11.8 Å². The van der Waals surface area contributed by atoms with E-state index in [1.165, 1.54) is 25.7 Å². The van der Waals surface area contributed by atoms with Crippen molar-refractivity contribution in [2.24, 2.45) is 5.92 Å². The third kappa shape index (κ3) is 1.67. The van der Waals surface area contributed by atoms with Gasteiger partial charge in [-0.05, 0) is 25.2 Å². The van der Waals surface area contributed by atoms with Crippen molar-refractivity contribution in [1.82, 2.24) is 0 Å². The molecule has 0 bridgehead atoms. The van der Waals surface area contributed by atoms with Crippen molar-refractivity contribution in [1.29, 1.82) is 0 Å². The second-order valence-corrected chi connectivity index (χ2v) is 6.16. The molecule has 2 fully saturated rings. The highest BCUT2D eigenvalue weighted by Crippen LogP contribution is 2.59. The summed E-state index contributed by atoms with van der Waals surface area (Å²) in [6.07, 6.45) is 6.98. The van der Waals surface area contributed by atoms with Crippen LogP contribution in [0.15, 0.2) is 0 Å². The molecule has 2 saturated carbocycles. The Morgan fingerprint density at radius 2 is 2.14 bits per heavy atom. The van der Waals surface area contributed by atoms with Gasteiger partial charge in [-0.1, -0.05) is 26.2 Å². The summed E-state index contributed by atoms with van der Waals surface area (Å²) in [5, 5.41) is 9.87. The minimum absolute atomic E-state index is 0.385. The number of rotatable bonds is 4. The first kappa shape index (κ1) is 10.3. The lowest BCUT2D eigenvalue weighted by Crippen LogP contribution is -2.23. The van der Waals surface area contributed by atoms with Gasteiger partial charge in [0.2, 0.25) is 0 Å². The van der Waals surface area contributed by atoms with Gasteiger partial charge in [-0.25, -0.2) is 0 Å². The van der Waals surface area contributed by atoms with Crippen LogP contribution in [0.4, 0.5) is 0 Å². The van der Waals surface area contributed by atoms with Gasteiger partial charge in [0.1, 0.15) is 4.75 Å². The largest absolute Gasteiger partial charge is 0.480 e. The SMILES string of the molecule is CCC1CC1(SC1CCCC1)C(=O)O. The normalized spacial score (nSPS) is 37.4. The second kappa shape index (κ2) is 3.76. The average molecular weight is 214 g/mol. The first-order chi connectivity index (χ1) is 6.69. The molecule has 2 aliphatic carbocycles. The zero-order valence-electron chi connectivity index (χ0n) is 8.66. The van der Waals surface area contributed by atoms with E-state index >= 15 is 0 Å².